The monoisotopic (exact) mass is 405 g/mol. The maximum absolute atomic E-state index is 12.9. The van der Waals surface area contributed by atoms with E-state index in [0.29, 0.717) is 37.4 Å². The molecule has 2 aromatic rings. The molecule has 1 amide bonds. The van der Waals surface area contributed by atoms with Crippen LogP contribution < -0.4 is 9.80 Å². The summed E-state index contributed by atoms with van der Waals surface area (Å²) in [4.78, 5) is 18.7. The minimum Gasteiger partial charge on any atom is -0.372 e. The second-order valence-corrected chi connectivity index (χ2v) is 7.05. The first-order valence-electron chi connectivity index (χ1n) is 9.90. The summed E-state index contributed by atoms with van der Waals surface area (Å²) in [5.74, 6) is -0.0419. The molecule has 7 heteroatoms. The number of rotatable bonds is 5. The molecule has 156 valence electrons. The molecule has 0 saturated carbocycles. The van der Waals surface area contributed by atoms with Crippen LogP contribution in [-0.2, 0) is 6.18 Å². The maximum atomic E-state index is 12.9. The highest BCUT2D eigenvalue weighted by Crippen LogP contribution is 2.32. The second kappa shape index (κ2) is 8.76. The van der Waals surface area contributed by atoms with Crippen LogP contribution in [0.5, 0.6) is 0 Å². The molecule has 2 aromatic carbocycles. The quantitative estimate of drug-likeness (QED) is 0.732. The number of carbonyl (C=O) groups excluding carboxylic acids is 1. The number of hydrogen-bond donors (Lipinski definition) is 0. The third-order valence-corrected chi connectivity index (χ3v) is 5.35. The molecule has 3 rings (SSSR count). The van der Waals surface area contributed by atoms with Crippen LogP contribution in [-0.4, -0.2) is 50.1 Å². The van der Waals surface area contributed by atoms with Gasteiger partial charge in [0.05, 0.1) is 5.56 Å². The van der Waals surface area contributed by atoms with Crippen LogP contribution in [0.4, 0.5) is 24.5 Å². The number of alkyl halides is 3. The molecule has 1 saturated heterocycles. The Bertz CT molecular complexity index is 824. The highest BCUT2D eigenvalue weighted by molar-refractivity contribution is 5.94. The number of amides is 1. The van der Waals surface area contributed by atoms with Crippen molar-refractivity contribution in [1.82, 2.24) is 4.90 Å². The van der Waals surface area contributed by atoms with Crippen molar-refractivity contribution in [3.8, 4) is 0 Å². The lowest BCUT2D eigenvalue weighted by atomic mass is 10.1. The van der Waals surface area contributed by atoms with Crippen molar-refractivity contribution in [3.63, 3.8) is 0 Å². The van der Waals surface area contributed by atoms with E-state index in [1.54, 1.807) is 11.0 Å². The van der Waals surface area contributed by atoms with Gasteiger partial charge in [-0.3, -0.25) is 4.79 Å². The molecule has 0 radical (unpaired) electrons. The highest BCUT2D eigenvalue weighted by Gasteiger charge is 2.31. The first-order valence-corrected chi connectivity index (χ1v) is 9.90. The molecule has 1 fully saturated rings. The van der Waals surface area contributed by atoms with Gasteiger partial charge in [-0.05, 0) is 56.3 Å². The summed E-state index contributed by atoms with van der Waals surface area (Å²) >= 11 is 0. The molecule has 0 aliphatic carbocycles. The SMILES string of the molecule is CCN(CC)c1ccc(C(=O)N2CCN(c3cccc(C(F)(F)F)c3)CC2)cc1. The zero-order valence-electron chi connectivity index (χ0n) is 16.7. The Hall–Kier alpha value is -2.70. The van der Waals surface area contributed by atoms with Crippen molar-refractivity contribution in [2.24, 2.45) is 0 Å². The Morgan fingerprint density at radius 3 is 2.14 bits per heavy atom. The van der Waals surface area contributed by atoms with E-state index < -0.39 is 11.7 Å². The number of anilines is 2. The molecule has 0 spiro atoms. The van der Waals surface area contributed by atoms with E-state index in [0.717, 1.165) is 24.8 Å². The summed E-state index contributed by atoms with van der Waals surface area (Å²) in [6, 6.07) is 12.9. The number of hydrogen-bond acceptors (Lipinski definition) is 3. The summed E-state index contributed by atoms with van der Waals surface area (Å²) in [6.45, 7) is 7.95. The Morgan fingerprint density at radius 2 is 1.59 bits per heavy atom. The zero-order chi connectivity index (χ0) is 21.0. The summed E-state index contributed by atoms with van der Waals surface area (Å²) in [7, 11) is 0. The van der Waals surface area contributed by atoms with Crippen molar-refractivity contribution in [2.45, 2.75) is 20.0 Å². The van der Waals surface area contributed by atoms with E-state index in [4.69, 9.17) is 0 Å². The van der Waals surface area contributed by atoms with Gasteiger partial charge < -0.3 is 14.7 Å². The average Bonchev–Trinajstić information content (AvgIpc) is 2.74. The van der Waals surface area contributed by atoms with E-state index in [1.807, 2.05) is 29.2 Å². The summed E-state index contributed by atoms with van der Waals surface area (Å²) in [5, 5.41) is 0. The van der Waals surface area contributed by atoms with Crippen LogP contribution in [0.2, 0.25) is 0 Å². The number of halogens is 3. The van der Waals surface area contributed by atoms with Gasteiger partial charge in [0.15, 0.2) is 0 Å². The van der Waals surface area contributed by atoms with Crippen LogP contribution in [0.25, 0.3) is 0 Å². The fraction of sp³-hybridized carbons (Fsp3) is 0.409. The number of piperazine rings is 1. The van der Waals surface area contributed by atoms with Crippen molar-refractivity contribution < 1.29 is 18.0 Å². The Balaban J connectivity index is 1.63. The first-order chi connectivity index (χ1) is 13.8. The molecule has 0 N–H and O–H groups in total. The summed E-state index contributed by atoms with van der Waals surface area (Å²) < 4.78 is 38.8. The highest BCUT2D eigenvalue weighted by atomic mass is 19.4. The third-order valence-electron chi connectivity index (χ3n) is 5.35. The molecule has 1 heterocycles. The van der Waals surface area contributed by atoms with Crippen molar-refractivity contribution in [2.75, 3.05) is 49.1 Å². The molecule has 0 aromatic heterocycles. The van der Waals surface area contributed by atoms with Crippen LogP contribution in [0.3, 0.4) is 0 Å². The predicted molar refractivity (Wildman–Crippen MR) is 110 cm³/mol. The van der Waals surface area contributed by atoms with Crippen molar-refractivity contribution >= 4 is 17.3 Å². The van der Waals surface area contributed by atoms with Gasteiger partial charge >= 0.3 is 6.18 Å². The zero-order valence-corrected chi connectivity index (χ0v) is 16.7. The Labute approximate surface area is 169 Å². The molecule has 1 aliphatic heterocycles. The molecule has 29 heavy (non-hydrogen) atoms. The molecule has 4 nitrogen and oxygen atoms in total. The Kier molecular flexibility index (Phi) is 6.35. The molecular formula is C22H26F3N3O. The first kappa shape index (κ1) is 21.0. The lowest BCUT2D eigenvalue weighted by Gasteiger charge is -2.36. The minimum atomic E-state index is -4.36. The second-order valence-electron chi connectivity index (χ2n) is 7.05. The normalized spacial score (nSPS) is 14.8. The lowest BCUT2D eigenvalue weighted by Crippen LogP contribution is -2.48. The van der Waals surface area contributed by atoms with E-state index in [-0.39, 0.29) is 5.91 Å². The van der Waals surface area contributed by atoms with Gasteiger partial charge in [-0.1, -0.05) is 6.07 Å². The van der Waals surface area contributed by atoms with Gasteiger partial charge in [0.2, 0.25) is 0 Å². The standard InChI is InChI=1S/C22H26F3N3O/c1-3-26(4-2)19-10-8-17(9-11-19)21(29)28-14-12-27(13-15-28)20-7-5-6-18(16-20)22(23,24)25/h5-11,16H,3-4,12-15H2,1-2H3. The number of nitrogens with zero attached hydrogens (tertiary/aromatic N) is 3. The number of benzene rings is 2. The molecule has 0 unspecified atom stereocenters. The van der Waals surface area contributed by atoms with Gasteiger partial charge in [0.1, 0.15) is 0 Å². The van der Waals surface area contributed by atoms with Crippen molar-refractivity contribution in [1.29, 1.82) is 0 Å². The lowest BCUT2D eigenvalue weighted by molar-refractivity contribution is -0.137. The fourth-order valence-corrected chi connectivity index (χ4v) is 3.63. The number of carbonyl (C=O) groups is 1. The van der Waals surface area contributed by atoms with Crippen LogP contribution in [0.15, 0.2) is 48.5 Å². The molecule has 0 atom stereocenters. The predicted octanol–water partition coefficient (Wildman–Crippen LogP) is 4.51. The van der Waals surface area contributed by atoms with Gasteiger partial charge in [0.25, 0.3) is 5.91 Å². The third kappa shape index (κ3) is 4.83. The average molecular weight is 405 g/mol. The maximum Gasteiger partial charge on any atom is 0.416 e. The summed E-state index contributed by atoms with van der Waals surface area (Å²) in [5.41, 5.74) is 1.60. The van der Waals surface area contributed by atoms with Gasteiger partial charge in [-0.25, -0.2) is 0 Å². The smallest absolute Gasteiger partial charge is 0.372 e. The summed E-state index contributed by atoms with van der Waals surface area (Å²) in [6.07, 6.45) is -4.36. The molecule has 0 bridgehead atoms. The van der Waals surface area contributed by atoms with Crippen molar-refractivity contribution in [3.05, 3.63) is 59.7 Å². The van der Waals surface area contributed by atoms with E-state index in [2.05, 4.69) is 18.7 Å². The van der Waals surface area contributed by atoms with E-state index >= 15 is 0 Å². The fourth-order valence-electron chi connectivity index (χ4n) is 3.63. The minimum absolute atomic E-state index is 0.0419. The van der Waals surface area contributed by atoms with Gasteiger partial charge in [-0.15, -0.1) is 0 Å². The Morgan fingerprint density at radius 1 is 0.966 bits per heavy atom. The van der Waals surface area contributed by atoms with Gasteiger partial charge in [-0.2, -0.15) is 13.2 Å². The van der Waals surface area contributed by atoms with Crippen LogP contribution >= 0.6 is 0 Å². The van der Waals surface area contributed by atoms with Crippen LogP contribution in [0, 0.1) is 0 Å². The van der Waals surface area contributed by atoms with Crippen LogP contribution in [0.1, 0.15) is 29.8 Å². The van der Waals surface area contributed by atoms with Gasteiger partial charge in [0, 0.05) is 56.2 Å². The molecular weight excluding hydrogens is 379 g/mol. The van der Waals surface area contributed by atoms with E-state index in [9.17, 15) is 18.0 Å². The largest absolute Gasteiger partial charge is 0.416 e. The topological polar surface area (TPSA) is 26.8 Å². The molecule has 1 aliphatic rings. The van der Waals surface area contributed by atoms with E-state index in [1.165, 1.54) is 12.1 Å².